The average molecular weight is 423 g/mol. The van der Waals surface area contributed by atoms with E-state index in [1.165, 1.54) is 0 Å². The Hall–Kier alpha value is -3.39. The molecule has 0 bridgehead atoms. The molecule has 0 heterocycles. The minimum absolute atomic E-state index is 0.257. The molecule has 4 rings (SSSR count). The molecule has 2 heteroatoms. The number of fused-ring (bicyclic) bond motifs is 1. The maximum Gasteiger partial charge on any atom is 0.344 e. The number of carbonyl (C=O) groups is 1. The Balaban J connectivity index is 1.85. The van der Waals surface area contributed by atoms with E-state index in [0.29, 0.717) is 11.3 Å². The first kappa shape index (κ1) is 21.8. The molecule has 162 valence electrons. The van der Waals surface area contributed by atoms with Gasteiger partial charge in [0.25, 0.3) is 0 Å². The van der Waals surface area contributed by atoms with Gasteiger partial charge in [-0.2, -0.15) is 0 Å². The highest BCUT2D eigenvalue weighted by Gasteiger charge is 2.22. The Morgan fingerprint density at radius 2 is 1.34 bits per heavy atom. The topological polar surface area (TPSA) is 26.3 Å². The van der Waals surface area contributed by atoms with Crippen molar-refractivity contribution in [3.8, 4) is 16.9 Å². The quantitative estimate of drug-likeness (QED) is 0.239. The van der Waals surface area contributed by atoms with Crippen molar-refractivity contribution in [3.63, 3.8) is 0 Å². The average Bonchev–Trinajstić information content (AvgIpc) is 2.78. The van der Waals surface area contributed by atoms with Crippen LogP contribution in [0.25, 0.3) is 21.9 Å². The van der Waals surface area contributed by atoms with Crippen molar-refractivity contribution < 1.29 is 9.53 Å². The summed E-state index contributed by atoms with van der Waals surface area (Å²) in [5, 5.41) is 2.29. The molecular formula is C30H30O2. The Kier molecular flexibility index (Phi) is 6.14. The molecule has 0 atom stereocenters. The molecule has 0 aromatic heterocycles. The van der Waals surface area contributed by atoms with Crippen molar-refractivity contribution >= 4 is 16.7 Å². The lowest BCUT2D eigenvalue weighted by Crippen LogP contribution is -2.14. The van der Waals surface area contributed by atoms with E-state index in [9.17, 15) is 4.79 Å². The van der Waals surface area contributed by atoms with Crippen molar-refractivity contribution in [2.24, 2.45) is 0 Å². The van der Waals surface area contributed by atoms with Gasteiger partial charge in [-0.3, -0.25) is 0 Å². The van der Waals surface area contributed by atoms with Crippen molar-refractivity contribution in [1.29, 1.82) is 0 Å². The maximum atomic E-state index is 13.6. The van der Waals surface area contributed by atoms with Gasteiger partial charge in [0.1, 0.15) is 5.75 Å². The number of carbonyl (C=O) groups excluding carboxylic acids is 1. The summed E-state index contributed by atoms with van der Waals surface area (Å²) >= 11 is 0. The molecule has 0 fully saturated rings. The first-order valence-corrected chi connectivity index (χ1v) is 11.3. The number of aryl methyl sites for hydroxylation is 1. The van der Waals surface area contributed by atoms with Crippen LogP contribution in [0.15, 0.2) is 78.9 Å². The van der Waals surface area contributed by atoms with Crippen LogP contribution in [0, 0.1) is 6.92 Å². The minimum atomic E-state index is -0.317. The van der Waals surface area contributed by atoms with Gasteiger partial charge >= 0.3 is 5.97 Å². The van der Waals surface area contributed by atoms with Crippen LogP contribution in [-0.4, -0.2) is 5.97 Å². The van der Waals surface area contributed by atoms with Crippen molar-refractivity contribution in [3.05, 3.63) is 101 Å². The van der Waals surface area contributed by atoms with E-state index >= 15 is 0 Å². The van der Waals surface area contributed by atoms with Gasteiger partial charge < -0.3 is 4.74 Å². The molecule has 4 aromatic carbocycles. The molecule has 0 radical (unpaired) electrons. The van der Waals surface area contributed by atoms with Crippen LogP contribution >= 0.6 is 0 Å². The van der Waals surface area contributed by atoms with E-state index in [1.54, 1.807) is 0 Å². The molecule has 0 aliphatic rings. The summed E-state index contributed by atoms with van der Waals surface area (Å²) in [7, 11) is 0. The van der Waals surface area contributed by atoms with Gasteiger partial charge in [0.15, 0.2) is 0 Å². The Bertz CT molecular complexity index is 1260. The highest BCUT2D eigenvalue weighted by molar-refractivity contribution is 6.05. The molecule has 4 aromatic rings. The van der Waals surface area contributed by atoms with E-state index in [0.717, 1.165) is 38.6 Å². The second-order valence-corrected chi connectivity index (χ2v) is 8.99. The number of hydrogen-bond donors (Lipinski definition) is 0. The number of ether oxygens (including phenoxy) is 1. The standard InChI is InChI=1S/C30H30O2/c1-19(2)23-15-10-16-24(20(3)4)29(23)32-30(31)27-14-9-8-13-26(27)28-21(5)17-18-22-11-6-7-12-25(22)28/h6-20H,1-5H3. The third-order valence-electron chi connectivity index (χ3n) is 6.07. The van der Waals surface area contributed by atoms with E-state index in [4.69, 9.17) is 4.74 Å². The van der Waals surface area contributed by atoms with Crippen LogP contribution in [0.3, 0.4) is 0 Å². The number of esters is 1. The molecule has 0 amide bonds. The first-order chi connectivity index (χ1) is 15.4. The van der Waals surface area contributed by atoms with Gasteiger partial charge in [-0.15, -0.1) is 0 Å². The van der Waals surface area contributed by atoms with Crippen LogP contribution in [0.5, 0.6) is 5.75 Å². The highest BCUT2D eigenvalue weighted by atomic mass is 16.5. The highest BCUT2D eigenvalue weighted by Crippen LogP contribution is 2.37. The van der Waals surface area contributed by atoms with E-state index in [-0.39, 0.29) is 17.8 Å². The molecule has 2 nitrogen and oxygen atoms in total. The summed E-state index contributed by atoms with van der Waals surface area (Å²) in [5.74, 6) is 0.897. The molecule has 0 aliphatic heterocycles. The van der Waals surface area contributed by atoms with E-state index in [1.807, 2.05) is 36.4 Å². The summed E-state index contributed by atoms with van der Waals surface area (Å²) < 4.78 is 6.16. The molecule has 0 N–H and O–H groups in total. The van der Waals surface area contributed by atoms with Crippen LogP contribution < -0.4 is 4.74 Å². The number of rotatable bonds is 5. The molecule has 0 spiro atoms. The predicted octanol–water partition coefficient (Wildman–Crippen LogP) is 8.28. The summed E-state index contributed by atoms with van der Waals surface area (Å²) in [5.41, 5.74) is 5.82. The fourth-order valence-electron chi connectivity index (χ4n) is 4.37. The van der Waals surface area contributed by atoms with Gasteiger partial charge in [0, 0.05) is 0 Å². The summed E-state index contributed by atoms with van der Waals surface area (Å²) in [6.07, 6.45) is 0. The molecular weight excluding hydrogens is 392 g/mol. The lowest BCUT2D eigenvalue weighted by molar-refractivity contribution is 0.0731. The Morgan fingerprint density at radius 3 is 2.03 bits per heavy atom. The zero-order chi connectivity index (χ0) is 22.8. The number of para-hydroxylation sites is 1. The fraction of sp³-hybridized carbons (Fsp3) is 0.233. The summed E-state index contributed by atoms with van der Waals surface area (Å²) in [4.78, 5) is 13.6. The molecule has 0 aliphatic carbocycles. The van der Waals surface area contributed by atoms with Crippen molar-refractivity contribution in [1.82, 2.24) is 0 Å². The van der Waals surface area contributed by atoms with E-state index in [2.05, 4.69) is 77.1 Å². The number of hydrogen-bond acceptors (Lipinski definition) is 2. The largest absolute Gasteiger partial charge is 0.422 e. The van der Waals surface area contributed by atoms with Gasteiger partial charge in [-0.05, 0) is 63.4 Å². The summed E-state index contributed by atoms with van der Waals surface area (Å²) in [6, 6.07) is 26.5. The van der Waals surface area contributed by atoms with Crippen LogP contribution in [-0.2, 0) is 0 Å². The Labute approximate surface area is 190 Å². The zero-order valence-corrected chi connectivity index (χ0v) is 19.5. The van der Waals surface area contributed by atoms with Crippen molar-refractivity contribution in [2.45, 2.75) is 46.5 Å². The zero-order valence-electron chi connectivity index (χ0n) is 19.5. The normalized spacial score (nSPS) is 11.3. The van der Waals surface area contributed by atoms with Crippen LogP contribution in [0.2, 0.25) is 0 Å². The minimum Gasteiger partial charge on any atom is -0.422 e. The third-order valence-corrected chi connectivity index (χ3v) is 6.07. The third kappa shape index (κ3) is 4.05. The smallest absolute Gasteiger partial charge is 0.344 e. The second kappa shape index (κ2) is 9.00. The molecule has 0 saturated carbocycles. The number of benzene rings is 4. The SMILES string of the molecule is Cc1ccc2ccccc2c1-c1ccccc1C(=O)Oc1c(C(C)C)cccc1C(C)C. The van der Waals surface area contributed by atoms with Gasteiger partial charge in [-0.1, -0.05) is 100 Å². The fourth-order valence-corrected chi connectivity index (χ4v) is 4.37. The molecule has 0 unspecified atom stereocenters. The van der Waals surface area contributed by atoms with E-state index < -0.39 is 0 Å². The Morgan fingerprint density at radius 1 is 0.719 bits per heavy atom. The predicted molar refractivity (Wildman–Crippen MR) is 134 cm³/mol. The van der Waals surface area contributed by atoms with Crippen LogP contribution in [0.1, 0.15) is 66.6 Å². The van der Waals surface area contributed by atoms with Gasteiger partial charge in [0.2, 0.25) is 0 Å². The monoisotopic (exact) mass is 422 g/mol. The lowest BCUT2D eigenvalue weighted by Gasteiger charge is -2.20. The van der Waals surface area contributed by atoms with Gasteiger partial charge in [0.05, 0.1) is 5.56 Å². The molecule has 32 heavy (non-hydrogen) atoms. The van der Waals surface area contributed by atoms with Crippen molar-refractivity contribution in [2.75, 3.05) is 0 Å². The van der Waals surface area contributed by atoms with Gasteiger partial charge in [-0.25, -0.2) is 4.79 Å². The van der Waals surface area contributed by atoms with Crippen LogP contribution in [0.4, 0.5) is 0 Å². The second-order valence-electron chi connectivity index (χ2n) is 8.99. The first-order valence-electron chi connectivity index (χ1n) is 11.3. The maximum absolute atomic E-state index is 13.6. The molecule has 0 saturated heterocycles. The lowest BCUT2D eigenvalue weighted by atomic mass is 9.91. The summed E-state index contributed by atoms with van der Waals surface area (Å²) in [6.45, 7) is 10.6.